The number of nitrogens with zero attached hydrogens (tertiary/aromatic N) is 3. The van der Waals surface area contributed by atoms with E-state index in [0.717, 1.165) is 27.2 Å². The third-order valence-electron chi connectivity index (χ3n) is 19.3. The molecule has 4 aromatic rings. The van der Waals surface area contributed by atoms with Crippen LogP contribution in [0.1, 0.15) is 155 Å². The molecule has 1 aliphatic heterocycles. The molecule has 9 N–H and O–H groups in total. The van der Waals surface area contributed by atoms with Crippen molar-refractivity contribution in [1.29, 1.82) is 0 Å². The Bertz CT molecular complexity index is 3410. The van der Waals surface area contributed by atoms with Crippen LogP contribution >= 0.6 is 0 Å². The summed E-state index contributed by atoms with van der Waals surface area (Å²) >= 11 is 0. The van der Waals surface area contributed by atoms with Gasteiger partial charge in [-0.15, -0.1) is 12.3 Å². The third kappa shape index (κ3) is 20.8. The molecule has 4 aromatic carbocycles. The minimum absolute atomic E-state index is 0.0216. The summed E-state index contributed by atoms with van der Waals surface area (Å²) in [6.45, 7) is 18.6. The second kappa shape index (κ2) is 37.9. The van der Waals surface area contributed by atoms with Crippen molar-refractivity contribution in [2.75, 3.05) is 53.3 Å². The van der Waals surface area contributed by atoms with Gasteiger partial charge in [-0.05, 0) is 102 Å². The van der Waals surface area contributed by atoms with Crippen LogP contribution in [0.2, 0.25) is 0 Å². The molecular weight excluding hydrogens is 1280 g/mol. The number of ether oxygens (including phenoxy) is 4. The third-order valence-corrected chi connectivity index (χ3v) is 19.3. The minimum atomic E-state index is -1.16. The molecule has 1 unspecified atom stereocenters. The molecule has 6 rings (SSSR count). The van der Waals surface area contributed by atoms with E-state index >= 15 is 0 Å². The first-order chi connectivity index (χ1) is 47.6. The Hall–Kier alpha value is -9.05. The molecule has 0 spiro atoms. The standard InChI is InChI=1S/C76H106N10O14/c1-16-27-60(50-36-38-52(39-37-50)80-70(90)58(34-25-40-78-74(77)94)81-71(91)63(44(3)4)83-75(95)99-43-57-55-32-23-21-30-53(55)54-31-22-24-33-56(54)57)100-76(96)85(13)65(46(7)8)72(92)82-64(45(5)6)73(93)84(12)66(47(9)17-2)61(97-14)42-62(87)86-41-26-35-59(86)68(98-15)48(10)69(89)79-49(11)67(88)51-28-19-18-20-29-51/h1,18-24,28-33,36-39,44-49,57-61,63-68,88H,17,25-27,34-35,40-43H2,2-15H3,(H,79,89)(H,80,90)(H,81,91)(H,82,92)(H,83,95)(H3,77,78,94)/t47-,48+,49+,58-,59-,60?,61+,63-,64-,65-,66-,67+,68+/m0/s1. The maximum Gasteiger partial charge on any atom is 0.410 e. The molecule has 1 fully saturated rings. The summed E-state index contributed by atoms with van der Waals surface area (Å²) < 4.78 is 23.9. The predicted octanol–water partition coefficient (Wildman–Crippen LogP) is 8.58. The van der Waals surface area contributed by atoms with Gasteiger partial charge in [0.2, 0.25) is 35.4 Å². The van der Waals surface area contributed by atoms with Crippen molar-refractivity contribution in [2.45, 2.75) is 187 Å². The number of amides is 10. The average Bonchev–Trinajstić information content (AvgIpc) is 1.61. The summed E-state index contributed by atoms with van der Waals surface area (Å²) in [4.78, 5) is 130. The average molecular weight is 1380 g/mol. The Labute approximate surface area is 589 Å². The van der Waals surface area contributed by atoms with Gasteiger partial charge in [0.05, 0.1) is 55.2 Å². The van der Waals surface area contributed by atoms with Crippen LogP contribution in [0, 0.1) is 41.9 Å². The highest BCUT2D eigenvalue weighted by Crippen LogP contribution is 2.44. The molecule has 24 heteroatoms. The van der Waals surface area contributed by atoms with Crippen molar-refractivity contribution in [3.05, 3.63) is 125 Å². The molecule has 2 aliphatic rings. The van der Waals surface area contributed by atoms with Crippen LogP contribution in [0.5, 0.6) is 0 Å². The summed E-state index contributed by atoms with van der Waals surface area (Å²) in [6, 6.07) is 24.3. The SMILES string of the molecule is C#CCC(OC(=O)N(C)[C@H](C(=O)N[C@H](C(=O)N(C)[C@@H]([C@@H](C)CC)[C@@H](CC(=O)N1CCC[C@H]1[C@H](OC)[C@@H](C)C(=O)N[C@H](C)[C@@H](O)c1ccccc1)OC)C(C)C)C(C)C)c1ccc(NC(=O)[C@H](CCCNC(N)=O)NC(=O)[C@@H](NC(=O)OCC2c3ccccc3-c3ccccc32)C(C)C)cc1. The fraction of sp³-hybridized carbons (Fsp3) is 0.539. The van der Waals surface area contributed by atoms with Crippen LogP contribution in [0.3, 0.4) is 0 Å². The first kappa shape index (κ1) is 79.9. The zero-order valence-electron chi connectivity index (χ0n) is 60.5. The number of nitrogens with two attached hydrogens (primary N) is 1. The lowest BCUT2D eigenvalue weighted by molar-refractivity contribution is -0.148. The summed E-state index contributed by atoms with van der Waals surface area (Å²) in [7, 11) is 6.07. The smallest absolute Gasteiger partial charge is 0.410 e. The number of anilines is 1. The number of alkyl carbamates (subject to hydrolysis) is 1. The Morgan fingerprint density at radius 2 is 1.31 bits per heavy atom. The number of hydrogen-bond acceptors (Lipinski definition) is 14. The number of rotatable bonds is 35. The van der Waals surface area contributed by atoms with Crippen molar-refractivity contribution < 1.29 is 67.2 Å². The molecule has 13 atom stereocenters. The number of urea groups is 1. The van der Waals surface area contributed by atoms with Crippen molar-refractivity contribution in [2.24, 2.45) is 35.3 Å². The monoisotopic (exact) mass is 1380 g/mol. The molecule has 0 aromatic heterocycles. The van der Waals surface area contributed by atoms with Crippen LogP contribution in [0.4, 0.5) is 20.1 Å². The molecule has 0 saturated carbocycles. The van der Waals surface area contributed by atoms with E-state index in [1.54, 1.807) is 109 Å². The van der Waals surface area contributed by atoms with Crippen LogP contribution in [-0.2, 0) is 47.7 Å². The summed E-state index contributed by atoms with van der Waals surface area (Å²) in [5.74, 6) is -2.81. The lowest BCUT2D eigenvalue weighted by Gasteiger charge is -2.41. The number of carbonyl (C=O) groups excluding carboxylic acids is 9. The van der Waals surface area contributed by atoms with Crippen molar-refractivity contribution in [3.63, 3.8) is 0 Å². The van der Waals surface area contributed by atoms with Gasteiger partial charge in [-0.3, -0.25) is 33.7 Å². The Kier molecular flexibility index (Phi) is 30.3. The molecule has 1 saturated heterocycles. The largest absolute Gasteiger partial charge is 0.449 e. The van der Waals surface area contributed by atoms with Gasteiger partial charge in [-0.25, -0.2) is 14.4 Å². The van der Waals surface area contributed by atoms with E-state index in [0.29, 0.717) is 42.6 Å². The molecular formula is C76H106N10O14. The number of nitrogens with one attached hydrogen (secondary N) is 6. The van der Waals surface area contributed by atoms with Gasteiger partial charge >= 0.3 is 18.2 Å². The Balaban J connectivity index is 1.08. The second-order valence-electron chi connectivity index (χ2n) is 27.3. The molecule has 10 amide bonds. The number of likely N-dealkylation sites (N-methyl/N-ethyl adjacent to an activating group) is 2. The highest BCUT2D eigenvalue weighted by atomic mass is 16.6. The first-order valence-corrected chi connectivity index (χ1v) is 34.8. The second-order valence-corrected chi connectivity index (χ2v) is 27.3. The van der Waals surface area contributed by atoms with Crippen LogP contribution < -0.4 is 37.6 Å². The zero-order valence-corrected chi connectivity index (χ0v) is 60.5. The highest BCUT2D eigenvalue weighted by Gasteiger charge is 2.44. The van der Waals surface area contributed by atoms with Gasteiger partial charge in [0.25, 0.3) is 0 Å². The number of hydrogen-bond donors (Lipinski definition) is 8. The van der Waals surface area contributed by atoms with E-state index in [9.17, 15) is 48.3 Å². The number of methoxy groups -OCH3 is 2. The van der Waals surface area contributed by atoms with E-state index < -0.39 is 132 Å². The van der Waals surface area contributed by atoms with Crippen molar-refractivity contribution >= 4 is 59.3 Å². The molecule has 1 heterocycles. The van der Waals surface area contributed by atoms with Crippen molar-refractivity contribution in [3.8, 4) is 23.5 Å². The van der Waals surface area contributed by atoms with Gasteiger partial charge in [0, 0.05) is 53.0 Å². The van der Waals surface area contributed by atoms with Gasteiger partial charge in [0.15, 0.2) is 0 Å². The van der Waals surface area contributed by atoms with E-state index in [2.05, 4.69) is 37.8 Å². The van der Waals surface area contributed by atoms with E-state index in [-0.39, 0.29) is 62.5 Å². The fourth-order valence-electron chi connectivity index (χ4n) is 13.6. The number of benzene rings is 4. The van der Waals surface area contributed by atoms with Crippen molar-refractivity contribution in [1.82, 2.24) is 41.3 Å². The molecule has 1 aliphatic carbocycles. The van der Waals surface area contributed by atoms with Crippen LogP contribution in [-0.4, -0.2) is 176 Å². The lowest BCUT2D eigenvalue weighted by Crippen LogP contribution is -2.60. The maximum atomic E-state index is 14.9. The molecule has 544 valence electrons. The number of aliphatic hydroxyl groups excluding tert-OH is 1. The highest BCUT2D eigenvalue weighted by molar-refractivity contribution is 5.98. The van der Waals surface area contributed by atoms with Gasteiger partial charge < -0.3 is 71.5 Å². The minimum Gasteiger partial charge on any atom is -0.449 e. The molecule has 0 bridgehead atoms. The number of aliphatic hydroxyl groups is 1. The lowest BCUT2D eigenvalue weighted by atomic mass is 9.89. The first-order valence-electron chi connectivity index (χ1n) is 34.8. The van der Waals surface area contributed by atoms with E-state index in [1.807, 2.05) is 80.6 Å². The van der Waals surface area contributed by atoms with Crippen LogP contribution in [0.15, 0.2) is 103 Å². The quantitative estimate of drug-likeness (QED) is 0.0158. The van der Waals surface area contributed by atoms with Gasteiger partial charge in [-0.1, -0.05) is 160 Å². The fourth-order valence-corrected chi connectivity index (χ4v) is 13.6. The number of likely N-dealkylation sites (tertiary alicyclic amines) is 1. The van der Waals surface area contributed by atoms with E-state index in [1.165, 1.54) is 21.3 Å². The van der Waals surface area contributed by atoms with Crippen LogP contribution in [0.25, 0.3) is 11.1 Å². The molecule has 100 heavy (non-hydrogen) atoms. The normalized spacial score (nSPS) is 17.0. The Morgan fingerprint density at radius 3 is 1.87 bits per heavy atom. The van der Waals surface area contributed by atoms with E-state index in [4.69, 9.17) is 31.1 Å². The Morgan fingerprint density at radius 1 is 0.700 bits per heavy atom. The molecule has 24 nitrogen and oxygen atoms in total. The summed E-state index contributed by atoms with van der Waals surface area (Å²) in [6.07, 6.45) is 2.68. The number of fused-ring (bicyclic) bond motifs is 3. The number of carbonyl (C=O) groups is 9. The van der Waals surface area contributed by atoms with Gasteiger partial charge in [0.1, 0.15) is 36.9 Å². The number of primary amides is 1. The zero-order chi connectivity index (χ0) is 73.7. The maximum absolute atomic E-state index is 14.9. The topological polar surface area (TPSA) is 319 Å². The van der Waals surface area contributed by atoms with Gasteiger partial charge in [-0.2, -0.15) is 0 Å². The predicted molar refractivity (Wildman–Crippen MR) is 382 cm³/mol. The molecule has 0 radical (unpaired) electrons. The number of terminal acetylenes is 1. The summed E-state index contributed by atoms with van der Waals surface area (Å²) in [5, 5.41) is 27.7. The summed E-state index contributed by atoms with van der Waals surface area (Å²) in [5.41, 5.74) is 10.9.